The van der Waals surface area contributed by atoms with Crippen LogP contribution in [-0.2, 0) is 0 Å². The largest absolute Gasteiger partial charge is 0.455 e. The van der Waals surface area contributed by atoms with Gasteiger partial charge in [-0.25, -0.2) is 0 Å². The lowest BCUT2D eigenvalue weighted by molar-refractivity contribution is 0.670. The van der Waals surface area contributed by atoms with E-state index >= 15 is 0 Å². The van der Waals surface area contributed by atoms with Crippen molar-refractivity contribution in [1.82, 2.24) is 0 Å². The number of para-hydroxylation sites is 1. The highest BCUT2D eigenvalue weighted by Gasteiger charge is 2.17. The molecule has 0 fully saturated rings. The Kier molecular flexibility index (Phi) is 6.71. The van der Waals surface area contributed by atoms with E-state index < -0.39 is 0 Å². The van der Waals surface area contributed by atoms with E-state index in [9.17, 15) is 0 Å². The molecule has 0 bridgehead atoms. The normalized spacial score (nSPS) is 11.8. The summed E-state index contributed by atoms with van der Waals surface area (Å²) in [6, 6.07) is 40.4. The molecule has 0 saturated carbocycles. The van der Waals surface area contributed by atoms with Gasteiger partial charge in [-0.1, -0.05) is 105 Å². The van der Waals surface area contributed by atoms with Crippen molar-refractivity contribution in [2.45, 2.75) is 26.8 Å². The van der Waals surface area contributed by atoms with Gasteiger partial charge in [-0.2, -0.15) is 0 Å². The third-order valence-electron chi connectivity index (χ3n) is 6.53. The summed E-state index contributed by atoms with van der Waals surface area (Å²) in [5.74, 6) is 0. The molecule has 6 rings (SSSR count). The van der Waals surface area contributed by atoms with Crippen LogP contribution in [0.5, 0.6) is 0 Å². The first kappa shape index (κ1) is 23.6. The summed E-state index contributed by atoms with van der Waals surface area (Å²) in [7, 11) is 0. The number of fused-ring (bicyclic) bond motifs is 3. The second-order valence-corrected chi connectivity index (χ2v) is 8.82. The molecule has 36 heavy (non-hydrogen) atoms. The van der Waals surface area contributed by atoms with Gasteiger partial charge in [0, 0.05) is 22.4 Å². The van der Waals surface area contributed by atoms with E-state index in [1.165, 1.54) is 16.7 Å². The van der Waals surface area contributed by atoms with E-state index in [2.05, 4.69) is 103 Å². The average molecular weight is 470 g/mol. The molecule has 1 heterocycles. The van der Waals surface area contributed by atoms with E-state index in [0.717, 1.165) is 44.2 Å². The number of benzene rings is 5. The van der Waals surface area contributed by atoms with Gasteiger partial charge >= 0.3 is 0 Å². The predicted octanol–water partition coefficient (Wildman–Crippen LogP) is 9.63. The average Bonchev–Trinajstić information content (AvgIpc) is 3.34. The smallest absolute Gasteiger partial charge is 0.143 e. The first-order valence-corrected chi connectivity index (χ1v) is 12.6. The first-order valence-electron chi connectivity index (χ1n) is 12.6. The van der Waals surface area contributed by atoms with Crippen molar-refractivity contribution in [3.8, 4) is 33.4 Å². The van der Waals surface area contributed by atoms with Crippen LogP contribution in [0.15, 0.2) is 120 Å². The summed E-state index contributed by atoms with van der Waals surface area (Å²) in [4.78, 5) is 0. The summed E-state index contributed by atoms with van der Waals surface area (Å²) < 4.78 is 6.48. The molecule has 0 aliphatic carbocycles. The summed E-state index contributed by atoms with van der Waals surface area (Å²) in [5, 5.41) is 2.29. The minimum Gasteiger partial charge on any atom is -0.455 e. The molecule has 6 aromatic rings. The molecule has 0 saturated heterocycles. The van der Waals surface area contributed by atoms with E-state index in [4.69, 9.17) is 10.2 Å². The maximum atomic E-state index is 6.48. The van der Waals surface area contributed by atoms with Gasteiger partial charge in [0.05, 0.1) is 0 Å². The third kappa shape index (κ3) is 4.32. The SMILES string of the molecule is CC.CC(N)c1cccc(-c2cccc(-c3ccc(-c4ccccc4)c4c3oc3ccccc34)c2)c1. The fourth-order valence-electron chi connectivity index (χ4n) is 4.78. The van der Waals surface area contributed by atoms with Crippen molar-refractivity contribution in [1.29, 1.82) is 0 Å². The van der Waals surface area contributed by atoms with Crippen molar-refractivity contribution in [3.63, 3.8) is 0 Å². The van der Waals surface area contributed by atoms with Crippen molar-refractivity contribution < 1.29 is 4.42 Å². The van der Waals surface area contributed by atoms with Crippen molar-refractivity contribution >= 4 is 21.9 Å². The first-order chi connectivity index (χ1) is 17.7. The third-order valence-corrected chi connectivity index (χ3v) is 6.53. The monoisotopic (exact) mass is 469 g/mol. The zero-order valence-electron chi connectivity index (χ0n) is 21.0. The molecular formula is C34H31NO. The summed E-state index contributed by atoms with van der Waals surface area (Å²) in [6.07, 6.45) is 0. The number of hydrogen-bond acceptors (Lipinski definition) is 2. The Morgan fingerprint density at radius 2 is 1.19 bits per heavy atom. The summed E-state index contributed by atoms with van der Waals surface area (Å²) >= 11 is 0. The Morgan fingerprint density at radius 3 is 1.97 bits per heavy atom. The maximum Gasteiger partial charge on any atom is 0.143 e. The lowest BCUT2D eigenvalue weighted by Gasteiger charge is -2.11. The minimum absolute atomic E-state index is 0.00355. The van der Waals surface area contributed by atoms with Crippen LogP contribution in [0, 0.1) is 0 Å². The van der Waals surface area contributed by atoms with Gasteiger partial charge in [0.15, 0.2) is 0 Å². The fraction of sp³-hybridized carbons (Fsp3) is 0.118. The van der Waals surface area contributed by atoms with Crippen LogP contribution in [-0.4, -0.2) is 0 Å². The second-order valence-electron chi connectivity index (χ2n) is 8.82. The van der Waals surface area contributed by atoms with Crippen LogP contribution in [0.2, 0.25) is 0 Å². The summed E-state index contributed by atoms with van der Waals surface area (Å²) in [5.41, 5.74) is 16.0. The van der Waals surface area contributed by atoms with Crippen LogP contribution >= 0.6 is 0 Å². The van der Waals surface area contributed by atoms with E-state index in [-0.39, 0.29) is 6.04 Å². The van der Waals surface area contributed by atoms with Gasteiger partial charge in [-0.05, 0) is 64.6 Å². The van der Waals surface area contributed by atoms with E-state index in [1.54, 1.807) is 0 Å². The zero-order valence-corrected chi connectivity index (χ0v) is 21.0. The van der Waals surface area contributed by atoms with Crippen molar-refractivity contribution in [2.75, 3.05) is 0 Å². The van der Waals surface area contributed by atoms with E-state index in [0.29, 0.717) is 0 Å². The molecule has 0 spiro atoms. The molecule has 0 aliphatic rings. The highest BCUT2D eigenvalue weighted by molar-refractivity contribution is 6.16. The van der Waals surface area contributed by atoms with Gasteiger partial charge < -0.3 is 10.2 Å². The van der Waals surface area contributed by atoms with Gasteiger partial charge in [0.25, 0.3) is 0 Å². The quantitative estimate of drug-likeness (QED) is 0.279. The molecule has 0 amide bonds. The van der Waals surface area contributed by atoms with Crippen LogP contribution in [0.3, 0.4) is 0 Å². The van der Waals surface area contributed by atoms with Gasteiger partial charge in [-0.15, -0.1) is 0 Å². The Hall–Kier alpha value is -4.14. The predicted molar refractivity (Wildman–Crippen MR) is 154 cm³/mol. The molecule has 0 radical (unpaired) electrons. The molecule has 2 heteroatoms. The van der Waals surface area contributed by atoms with Gasteiger partial charge in [-0.3, -0.25) is 0 Å². The zero-order chi connectivity index (χ0) is 25.1. The Morgan fingerprint density at radius 1 is 0.583 bits per heavy atom. The topological polar surface area (TPSA) is 39.2 Å². The Labute approximate surface area is 213 Å². The molecule has 178 valence electrons. The van der Waals surface area contributed by atoms with Gasteiger partial charge in [0.2, 0.25) is 0 Å². The lowest BCUT2D eigenvalue weighted by Crippen LogP contribution is -2.04. The van der Waals surface area contributed by atoms with Gasteiger partial charge in [0.1, 0.15) is 11.2 Å². The Balaban J connectivity index is 0.00000130. The van der Waals surface area contributed by atoms with Crippen LogP contribution in [0.25, 0.3) is 55.3 Å². The van der Waals surface area contributed by atoms with Crippen molar-refractivity contribution in [3.05, 3.63) is 121 Å². The fourth-order valence-corrected chi connectivity index (χ4v) is 4.78. The molecule has 1 aromatic heterocycles. The van der Waals surface area contributed by atoms with Crippen LogP contribution in [0.1, 0.15) is 32.4 Å². The summed E-state index contributed by atoms with van der Waals surface area (Å²) in [6.45, 7) is 6.02. The highest BCUT2D eigenvalue weighted by Crippen LogP contribution is 2.42. The molecular weight excluding hydrogens is 438 g/mol. The number of hydrogen-bond donors (Lipinski definition) is 1. The second kappa shape index (κ2) is 10.2. The van der Waals surface area contributed by atoms with Crippen molar-refractivity contribution in [2.24, 2.45) is 5.73 Å². The molecule has 0 aliphatic heterocycles. The molecule has 1 unspecified atom stereocenters. The number of furan rings is 1. The molecule has 1 atom stereocenters. The molecule has 2 nitrogen and oxygen atoms in total. The highest BCUT2D eigenvalue weighted by atomic mass is 16.3. The maximum absolute atomic E-state index is 6.48. The standard InChI is InChI=1S/C32H25NO.C2H6/c1-21(33)23-11-7-12-24(19-23)25-13-8-14-26(20-25)28-18-17-27(22-9-3-2-4-10-22)31-29-15-5-6-16-30(29)34-32(28)31;1-2/h2-21H,33H2,1H3;1-2H3. The molecule has 2 N–H and O–H groups in total. The number of nitrogens with two attached hydrogens (primary N) is 1. The van der Waals surface area contributed by atoms with Crippen LogP contribution < -0.4 is 5.73 Å². The van der Waals surface area contributed by atoms with Crippen LogP contribution in [0.4, 0.5) is 0 Å². The Bertz CT molecular complexity index is 1630. The van der Waals surface area contributed by atoms with E-state index in [1.807, 2.05) is 32.9 Å². The lowest BCUT2D eigenvalue weighted by atomic mass is 9.93. The molecule has 5 aromatic carbocycles. The number of rotatable bonds is 4. The minimum atomic E-state index is 0.00355.